The third-order valence-electron chi connectivity index (χ3n) is 7.72. The molecule has 1 aliphatic heterocycles. The summed E-state index contributed by atoms with van der Waals surface area (Å²) in [5, 5.41) is 2.28. The first-order valence-corrected chi connectivity index (χ1v) is 13.5. The molecule has 8 rings (SSSR count). The Morgan fingerprint density at radius 1 is 0.350 bits per heavy atom. The van der Waals surface area contributed by atoms with E-state index in [-0.39, 0.29) is 0 Å². The minimum absolute atomic E-state index is 0.844. The van der Waals surface area contributed by atoms with Crippen molar-refractivity contribution >= 4 is 10.8 Å². The Hall–Kier alpha value is -5.34. The first kappa shape index (κ1) is 22.6. The fourth-order valence-electron chi connectivity index (χ4n) is 5.79. The largest absolute Gasteiger partial charge is 0.456 e. The molecule has 0 N–H and O–H groups in total. The van der Waals surface area contributed by atoms with E-state index >= 15 is 0 Å². The topological polar surface area (TPSA) is 22.4 Å². The monoisotopic (exact) mass is 512 g/mol. The Kier molecular flexibility index (Phi) is 5.17. The van der Waals surface area contributed by atoms with Crippen molar-refractivity contribution in [2.24, 2.45) is 0 Å². The third kappa shape index (κ3) is 3.73. The highest BCUT2D eigenvalue weighted by molar-refractivity contribution is 6.06. The van der Waals surface area contributed by atoms with Crippen LogP contribution in [0.1, 0.15) is 0 Å². The lowest BCUT2D eigenvalue weighted by Gasteiger charge is -2.21. The summed E-state index contributed by atoms with van der Waals surface area (Å²) in [5.74, 6) is 3.47. The van der Waals surface area contributed by atoms with Crippen LogP contribution in [0.3, 0.4) is 0 Å². The molecule has 1 aliphatic rings. The first-order chi connectivity index (χ1) is 19.8. The fraction of sp³-hybridized carbons (Fsp3) is 0. The van der Waals surface area contributed by atoms with Crippen LogP contribution in [-0.4, -0.2) is 0 Å². The summed E-state index contributed by atoms with van der Waals surface area (Å²) in [6, 6.07) is 50.7. The zero-order valence-corrected chi connectivity index (χ0v) is 21.7. The highest BCUT2D eigenvalue weighted by Crippen LogP contribution is 2.48. The summed E-state index contributed by atoms with van der Waals surface area (Å²) in [7, 11) is 0. The number of hydrogen-bond donors (Lipinski definition) is 0. The van der Waals surface area contributed by atoms with Crippen LogP contribution in [0.15, 0.2) is 150 Å². The number of hydrogen-bond acceptors (Lipinski definition) is 2. The average Bonchev–Trinajstić information content (AvgIpc) is 3.52. The number of rotatable bonds is 4. The van der Waals surface area contributed by atoms with Gasteiger partial charge in [0.15, 0.2) is 0 Å². The van der Waals surface area contributed by atoms with Crippen molar-refractivity contribution in [2.75, 3.05) is 0 Å². The molecule has 6 aromatic carbocycles. The molecule has 2 heterocycles. The maximum absolute atomic E-state index is 6.56. The van der Waals surface area contributed by atoms with Crippen LogP contribution in [0.4, 0.5) is 0 Å². The molecule has 0 aliphatic carbocycles. The second-order valence-corrected chi connectivity index (χ2v) is 10.1. The molecule has 0 atom stereocenters. The summed E-state index contributed by atoms with van der Waals surface area (Å²) in [4.78, 5) is 0. The van der Waals surface area contributed by atoms with Gasteiger partial charge >= 0.3 is 0 Å². The van der Waals surface area contributed by atoms with Crippen LogP contribution in [0, 0.1) is 0 Å². The molecule has 0 bridgehead atoms. The number of para-hydroxylation sites is 1. The van der Waals surface area contributed by atoms with Crippen molar-refractivity contribution in [3.63, 3.8) is 0 Å². The van der Waals surface area contributed by atoms with Crippen molar-refractivity contribution in [1.29, 1.82) is 0 Å². The molecule has 0 fully saturated rings. The molecule has 0 radical (unpaired) electrons. The summed E-state index contributed by atoms with van der Waals surface area (Å²) in [6.07, 6.45) is 0. The molecule has 0 saturated heterocycles. The molecule has 188 valence electrons. The van der Waals surface area contributed by atoms with Gasteiger partial charge in [-0.1, -0.05) is 109 Å². The van der Waals surface area contributed by atoms with Crippen LogP contribution in [-0.2, 0) is 0 Å². The summed E-state index contributed by atoms with van der Waals surface area (Å²) < 4.78 is 12.8. The summed E-state index contributed by atoms with van der Waals surface area (Å²) in [6.45, 7) is 0. The average molecular weight is 513 g/mol. The molecule has 0 unspecified atom stereocenters. The fourth-order valence-corrected chi connectivity index (χ4v) is 5.79. The van der Waals surface area contributed by atoms with Crippen LogP contribution in [0.25, 0.3) is 66.8 Å². The molecule has 0 saturated carbocycles. The molecule has 40 heavy (non-hydrogen) atoms. The van der Waals surface area contributed by atoms with Crippen LogP contribution < -0.4 is 4.74 Å². The van der Waals surface area contributed by atoms with Crippen molar-refractivity contribution < 1.29 is 9.15 Å². The third-order valence-corrected chi connectivity index (χ3v) is 7.72. The maximum atomic E-state index is 6.56. The van der Waals surface area contributed by atoms with E-state index in [0.29, 0.717) is 0 Å². The molecule has 2 heteroatoms. The molecular formula is C38H24O2. The van der Waals surface area contributed by atoms with Crippen LogP contribution in [0.5, 0.6) is 11.5 Å². The minimum Gasteiger partial charge on any atom is -0.456 e. The Morgan fingerprint density at radius 2 is 1.00 bits per heavy atom. The van der Waals surface area contributed by atoms with Gasteiger partial charge < -0.3 is 9.15 Å². The first-order valence-electron chi connectivity index (χ1n) is 13.5. The number of fused-ring (bicyclic) bond motifs is 2. The van der Waals surface area contributed by atoms with E-state index in [4.69, 9.17) is 9.15 Å². The normalized spacial score (nSPS) is 11.7. The van der Waals surface area contributed by atoms with Gasteiger partial charge in [0.25, 0.3) is 0 Å². The lowest BCUT2D eigenvalue weighted by atomic mass is 9.92. The number of ether oxygens (including phenoxy) is 1. The standard InChI is InChI=1S/C38H24O2/c1-2-9-25(10-3-1)26-17-19-27(20-18-26)30-12-4-5-13-31(30)36-22-21-34(39-36)29-23-28-11-8-16-37-38(28)33(24-29)32-14-6-7-15-35(32)40-37/h1-24H. The minimum atomic E-state index is 0.844. The van der Waals surface area contributed by atoms with Gasteiger partial charge in [0, 0.05) is 22.1 Å². The lowest BCUT2D eigenvalue weighted by Crippen LogP contribution is -1.97. The zero-order chi connectivity index (χ0) is 26.5. The molecule has 1 aromatic heterocycles. The van der Waals surface area contributed by atoms with Crippen LogP contribution >= 0.6 is 0 Å². The van der Waals surface area contributed by atoms with E-state index in [9.17, 15) is 0 Å². The lowest BCUT2D eigenvalue weighted by molar-refractivity contribution is 0.487. The van der Waals surface area contributed by atoms with Gasteiger partial charge in [-0.15, -0.1) is 0 Å². The van der Waals surface area contributed by atoms with E-state index in [0.717, 1.165) is 61.6 Å². The second kappa shape index (κ2) is 9.14. The van der Waals surface area contributed by atoms with Crippen molar-refractivity contribution in [1.82, 2.24) is 0 Å². The molecule has 0 spiro atoms. The smallest absolute Gasteiger partial charge is 0.135 e. The molecule has 7 aromatic rings. The van der Waals surface area contributed by atoms with Gasteiger partial charge in [0.1, 0.15) is 23.0 Å². The van der Waals surface area contributed by atoms with E-state index in [1.54, 1.807) is 0 Å². The summed E-state index contributed by atoms with van der Waals surface area (Å²) >= 11 is 0. The Balaban J connectivity index is 1.20. The highest BCUT2D eigenvalue weighted by Gasteiger charge is 2.21. The Morgan fingerprint density at radius 3 is 1.85 bits per heavy atom. The van der Waals surface area contributed by atoms with E-state index in [1.807, 2.05) is 30.3 Å². The quantitative estimate of drug-likeness (QED) is 0.234. The Bertz CT molecular complexity index is 2010. The van der Waals surface area contributed by atoms with Gasteiger partial charge in [-0.3, -0.25) is 0 Å². The predicted octanol–water partition coefficient (Wildman–Crippen LogP) is 10.9. The zero-order valence-electron chi connectivity index (χ0n) is 21.7. The Labute approximate surface area is 232 Å². The van der Waals surface area contributed by atoms with Crippen molar-refractivity contribution in [3.05, 3.63) is 146 Å². The molecule has 2 nitrogen and oxygen atoms in total. The maximum Gasteiger partial charge on any atom is 0.135 e. The predicted molar refractivity (Wildman–Crippen MR) is 163 cm³/mol. The van der Waals surface area contributed by atoms with Crippen LogP contribution in [0.2, 0.25) is 0 Å². The van der Waals surface area contributed by atoms with E-state index in [2.05, 4.69) is 115 Å². The van der Waals surface area contributed by atoms with Gasteiger partial charge in [0.05, 0.1) is 0 Å². The van der Waals surface area contributed by atoms with Gasteiger partial charge in [-0.05, 0) is 69.6 Å². The van der Waals surface area contributed by atoms with Gasteiger partial charge in [-0.2, -0.15) is 0 Å². The van der Waals surface area contributed by atoms with Gasteiger partial charge in [-0.25, -0.2) is 0 Å². The van der Waals surface area contributed by atoms with Crippen molar-refractivity contribution in [2.45, 2.75) is 0 Å². The SMILES string of the molecule is c1ccc(-c2ccc(-c3ccccc3-c3ccc(-c4cc5c6c(cccc6c4)Oc4ccccc4-5)o3)cc2)cc1. The van der Waals surface area contributed by atoms with E-state index in [1.165, 1.54) is 16.7 Å². The van der Waals surface area contributed by atoms with E-state index < -0.39 is 0 Å². The number of furan rings is 1. The molecular weight excluding hydrogens is 488 g/mol. The summed E-state index contributed by atoms with van der Waals surface area (Å²) in [5.41, 5.74) is 9.12. The second-order valence-electron chi connectivity index (χ2n) is 10.1. The molecule has 0 amide bonds. The number of benzene rings is 6. The van der Waals surface area contributed by atoms with Crippen molar-refractivity contribution in [3.8, 4) is 67.5 Å². The highest BCUT2D eigenvalue weighted by atomic mass is 16.5. The van der Waals surface area contributed by atoms with Gasteiger partial charge in [0.2, 0.25) is 0 Å².